The van der Waals surface area contributed by atoms with Crippen molar-refractivity contribution in [2.24, 2.45) is 0 Å². The smallest absolute Gasteiger partial charge is 0.418 e. The van der Waals surface area contributed by atoms with Gasteiger partial charge in [-0.15, -0.1) is 0 Å². The summed E-state index contributed by atoms with van der Waals surface area (Å²) in [5.74, 6) is -0.892. The average Bonchev–Trinajstić information content (AvgIpc) is 3.46. The van der Waals surface area contributed by atoms with Crippen molar-refractivity contribution in [3.05, 3.63) is 28.5 Å². The van der Waals surface area contributed by atoms with Gasteiger partial charge in [-0.2, -0.15) is 23.1 Å². The first-order valence-corrected chi connectivity index (χ1v) is 14.8. The van der Waals surface area contributed by atoms with Crippen molar-refractivity contribution < 1.29 is 31.4 Å². The predicted molar refractivity (Wildman–Crippen MR) is 151 cm³/mol. The number of hydrogen-bond acceptors (Lipinski definition) is 8. The van der Waals surface area contributed by atoms with Gasteiger partial charge in [0.1, 0.15) is 41.3 Å². The number of halogens is 6. The standard InChI is InChI=1S/C29H30ClF5N6O2/c1-40-16-4-2-5-17(10-16)43-26-20-24(22(32)23(37-26)18-8-15(36)9-19(30)21(18)29(33,34)35)38-27(39-25(20)40)42-13-28-6-3-7-41(28)12-14(31)11-28/h8-9,14,16-17H,2-7,10-13,36H2,1H3/t14-,16?,17?,28+/m1/s1. The Morgan fingerprint density at radius 3 is 2.79 bits per heavy atom. The van der Waals surface area contributed by atoms with Crippen molar-refractivity contribution in [3.8, 4) is 23.1 Å². The molecule has 3 aliphatic heterocycles. The zero-order valence-electron chi connectivity index (χ0n) is 23.4. The molecule has 0 amide bonds. The van der Waals surface area contributed by atoms with Crippen molar-refractivity contribution in [1.29, 1.82) is 0 Å². The summed E-state index contributed by atoms with van der Waals surface area (Å²) in [6.45, 7) is 1.18. The first kappa shape index (κ1) is 28.6. The number of pyridine rings is 1. The quantitative estimate of drug-likeness (QED) is 0.272. The van der Waals surface area contributed by atoms with Crippen LogP contribution in [0.4, 0.5) is 33.5 Å². The molecule has 1 aromatic carbocycles. The highest BCUT2D eigenvalue weighted by Crippen LogP contribution is 2.47. The largest absolute Gasteiger partial charge is 0.474 e. The zero-order valence-corrected chi connectivity index (χ0v) is 24.1. The van der Waals surface area contributed by atoms with Gasteiger partial charge in [-0.25, -0.2) is 13.8 Å². The normalized spacial score (nSPS) is 27.1. The summed E-state index contributed by atoms with van der Waals surface area (Å²) in [6.07, 6.45) is -1.18. The van der Waals surface area contributed by atoms with Crippen LogP contribution in [0.3, 0.4) is 0 Å². The molecule has 7 rings (SSSR count). The molecule has 4 aliphatic rings. The highest BCUT2D eigenvalue weighted by Gasteiger charge is 2.49. The van der Waals surface area contributed by atoms with E-state index in [9.17, 15) is 17.6 Å². The van der Waals surface area contributed by atoms with Crippen LogP contribution in [0.15, 0.2) is 12.1 Å². The fraction of sp³-hybridized carbons (Fsp3) is 0.552. The van der Waals surface area contributed by atoms with Gasteiger partial charge in [-0.05, 0) is 50.8 Å². The summed E-state index contributed by atoms with van der Waals surface area (Å²) < 4.78 is 86.0. The van der Waals surface area contributed by atoms with Crippen molar-refractivity contribution in [3.63, 3.8) is 0 Å². The number of nitrogens with zero attached hydrogens (tertiary/aromatic N) is 5. The molecule has 43 heavy (non-hydrogen) atoms. The number of alkyl halides is 4. The van der Waals surface area contributed by atoms with E-state index in [0.717, 1.165) is 44.4 Å². The molecule has 1 aliphatic carbocycles. The monoisotopic (exact) mass is 624 g/mol. The fourth-order valence-electron chi connectivity index (χ4n) is 7.35. The second-order valence-electron chi connectivity index (χ2n) is 12.1. The van der Waals surface area contributed by atoms with Gasteiger partial charge in [0.2, 0.25) is 5.88 Å². The lowest BCUT2D eigenvalue weighted by Gasteiger charge is -2.38. The van der Waals surface area contributed by atoms with Gasteiger partial charge in [0.05, 0.1) is 16.1 Å². The van der Waals surface area contributed by atoms with E-state index in [1.807, 2.05) is 11.9 Å². The average molecular weight is 625 g/mol. The van der Waals surface area contributed by atoms with Crippen LogP contribution in [0.2, 0.25) is 5.02 Å². The molecule has 2 saturated heterocycles. The molecule has 2 unspecified atom stereocenters. The van der Waals surface area contributed by atoms with Gasteiger partial charge in [-0.1, -0.05) is 11.6 Å². The lowest BCUT2D eigenvalue weighted by Crippen LogP contribution is -2.44. The Morgan fingerprint density at radius 1 is 1.19 bits per heavy atom. The van der Waals surface area contributed by atoms with Crippen molar-refractivity contribution in [2.75, 3.05) is 37.4 Å². The second kappa shape index (κ2) is 10.2. The lowest BCUT2D eigenvalue weighted by atomic mass is 9.91. The minimum Gasteiger partial charge on any atom is -0.474 e. The number of nitrogen functional groups attached to an aromatic ring is 1. The van der Waals surface area contributed by atoms with Gasteiger partial charge in [0, 0.05) is 43.7 Å². The van der Waals surface area contributed by atoms with Gasteiger partial charge < -0.3 is 20.1 Å². The number of rotatable bonds is 4. The maximum atomic E-state index is 16.6. The summed E-state index contributed by atoms with van der Waals surface area (Å²) in [5, 5.41) is -0.542. The number of anilines is 2. The van der Waals surface area contributed by atoms with E-state index in [4.69, 9.17) is 26.8 Å². The van der Waals surface area contributed by atoms with E-state index < -0.39 is 45.5 Å². The molecule has 14 heteroatoms. The fourth-order valence-corrected chi connectivity index (χ4v) is 7.68. The number of nitrogens with two attached hydrogens (primary N) is 1. The van der Waals surface area contributed by atoms with Crippen LogP contribution in [0.1, 0.15) is 50.5 Å². The van der Waals surface area contributed by atoms with Gasteiger partial charge in [0.25, 0.3) is 0 Å². The Bertz CT molecular complexity index is 1610. The van der Waals surface area contributed by atoms with Crippen LogP contribution in [0.5, 0.6) is 11.9 Å². The third kappa shape index (κ3) is 4.79. The van der Waals surface area contributed by atoms with E-state index in [1.165, 1.54) is 0 Å². The SMILES string of the molecule is CN1c2nc(OC[C@@]34CCCN3C[C@H](F)C4)nc3c(F)c(-c4cc(N)cc(Cl)c4C(F)(F)F)nc(c23)OC2CCCC1C2. The zero-order chi connectivity index (χ0) is 30.3. The molecule has 0 radical (unpaired) electrons. The molecule has 3 aromatic rings. The van der Waals surface area contributed by atoms with Crippen molar-refractivity contribution >= 4 is 34.0 Å². The van der Waals surface area contributed by atoms with E-state index in [-0.39, 0.29) is 47.2 Å². The summed E-state index contributed by atoms with van der Waals surface area (Å²) in [4.78, 5) is 17.3. The lowest BCUT2D eigenvalue weighted by molar-refractivity contribution is -0.137. The number of fused-ring (bicyclic) bond motifs is 3. The maximum Gasteiger partial charge on any atom is 0.418 e. The Morgan fingerprint density at radius 2 is 2.00 bits per heavy atom. The van der Waals surface area contributed by atoms with Crippen LogP contribution in [-0.4, -0.2) is 70.5 Å². The first-order valence-electron chi connectivity index (χ1n) is 14.4. The van der Waals surface area contributed by atoms with Gasteiger partial charge in [0.15, 0.2) is 5.82 Å². The molecular weight excluding hydrogens is 595 g/mol. The number of aromatic nitrogens is 3. The number of ether oxygens (including phenoxy) is 2. The molecule has 3 fully saturated rings. The van der Waals surface area contributed by atoms with Crippen molar-refractivity contribution in [2.45, 2.75) is 75.0 Å². The third-order valence-corrected chi connectivity index (χ3v) is 9.65. The third-order valence-electron chi connectivity index (χ3n) is 9.35. The Labute approximate surface area is 249 Å². The predicted octanol–water partition coefficient (Wildman–Crippen LogP) is 6.18. The Kier molecular flexibility index (Phi) is 6.77. The molecule has 2 aromatic heterocycles. The molecule has 5 heterocycles. The minimum absolute atomic E-state index is 0.0243. The highest BCUT2D eigenvalue weighted by atomic mass is 35.5. The molecule has 4 atom stereocenters. The van der Waals surface area contributed by atoms with Crippen LogP contribution < -0.4 is 20.1 Å². The highest BCUT2D eigenvalue weighted by molar-refractivity contribution is 6.32. The van der Waals surface area contributed by atoms with E-state index in [2.05, 4.69) is 19.9 Å². The van der Waals surface area contributed by atoms with E-state index in [0.29, 0.717) is 31.6 Å². The topological polar surface area (TPSA) is 89.6 Å². The molecule has 0 spiro atoms. The van der Waals surface area contributed by atoms with Crippen LogP contribution in [0.25, 0.3) is 22.2 Å². The second-order valence-corrected chi connectivity index (χ2v) is 12.5. The van der Waals surface area contributed by atoms with Gasteiger partial charge >= 0.3 is 12.2 Å². The Balaban J connectivity index is 1.42. The number of benzene rings is 1. The van der Waals surface area contributed by atoms with Crippen LogP contribution >= 0.6 is 11.6 Å². The summed E-state index contributed by atoms with van der Waals surface area (Å²) in [5.41, 5.74) is 2.42. The molecule has 1 saturated carbocycles. The molecule has 8 nitrogen and oxygen atoms in total. The molecular formula is C29H30ClF5N6O2. The van der Waals surface area contributed by atoms with E-state index >= 15 is 4.39 Å². The maximum absolute atomic E-state index is 16.6. The number of hydrogen-bond donors (Lipinski definition) is 1. The minimum atomic E-state index is -4.93. The summed E-state index contributed by atoms with van der Waals surface area (Å²) in [6, 6.07) is 1.82. The summed E-state index contributed by atoms with van der Waals surface area (Å²) in [7, 11) is 1.83. The van der Waals surface area contributed by atoms with Crippen LogP contribution in [-0.2, 0) is 6.18 Å². The van der Waals surface area contributed by atoms with Gasteiger partial charge in [-0.3, -0.25) is 4.90 Å². The molecule has 230 valence electrons. The Hall–Kier alpha value is -3.19. The molecule has 2 N–H and O–H groups in total. The van der Waals surface area contributed by atoms with Crippen LogP contribution in [0, 0.1) is 5.82 Å². The first-order chi connectivity index (χ1) is 20.4. The molecule has 2 bridgehead atoms. The summed E-state index contributed by atoms with van der Waals surface area (Å²) >= 11 is 6.00. The van der Waals surface area contributed by atoms with E-state index in [1.54, 1.807) is 0 Å². The van der Waals surface area contributed by atoms with Crippen molar-refractivity contribution in [1.82, 2.24) is 19.9 Å².